The summed E-state index contributed by atoms with van der Waals surface area (Å²) in [6.45, 7) is 10.0. The highest BCUT2D eigenvalue weighted by Gasteiger charge is 2.52. The van der Waals surface area contributed by atoms with Crippen molar-refractivity contribution in [2.24, 2.45) is 11.8 Å². The fourth-order valence-corrected chi connectivity index (χ4v) is 6.74. The number of aliphatic hydroxyl groups excluding tert-OH is 1. The Hall–Kier alpha value is -0.890. The predicted octanol–water partition coefficient (Wildman–Crippen LogP) is 2.97. The molecule has 0 unspecified atom stereocenters. The molecule has 0 spiro atoms. The van der Waals surface area contributed by atoms with Crippen LogP contribution in [-0.4, -0.2) is 111 Å². The van der Waals surface area contributed by atoms with Crippen molar-refractivity contribution < 1.29 is 52.9 Å². The molecule has 0 aliphatic carbocycles. The SMILES string of the molecule is COCOC[C@@]1(C)O[C@H]2CC[C@@](C)(O)[C@H](C[C@H](C[C@H]3C[C@H](C)[C@H]([C@H](C)CCO)O3)OC(C)=O)O[C@@H]2C[C@@H]1OCOC. The third-order valence-corrected chi connectivity index (χ3v) is 8.93. The smallest absolute Gasteiger partial charge is 0.302 e. The number of hydrogen-bond acceptors (Lipinski definition) is 11. The fraction of sp³-hybridized carbons (Fsp3) is 0.967. The summed E-state index contributed by atoms with van der Waals surface area (Å²) in [7, 11) is 3.14. The Morgan fingerprint density at radius 3 is 2.46 bits per heavy atom. The van der Waals surface area contributed by atoms with Crippen LogP contribution in [0.25, 0.3) is 0 Å². The average Bonchev–Trinajstić information content (AvgIpc) is 3.21. The standard InChI is InChI=1S/C30H54O11/c1-19(9-11-31)28-20(2)12-22(39-28)13-23(38-21(3)32)14-26-29(4,33)10-8-24-25(40-26)15-27(37-18-35-7)30(5,41-24)16-36-17-34-6/h19-20,22-28,31,33H,8-18H2,1-7H3/t19-,20+,22-,23+,24+,25-,26+,27+,28+,29-,30-/m1/s1. The molecule has 3 fully saturated rings. The van der Waals surface area contributed by atoms with Gasteiger partial charge >= 0.3 is 5.97 Å². The van der Waals surface area contributed by atoms with Crippen LogP contribution < -0.4 is 0 Å². The monoisotopic (exact) mass is 590 g/mol. The van der Waals surface area contributed by atoms with E-state index in [1.807, 2.05) is 6.92 Å². The van der Waals surface area contributed by atoms with Gasteiger partial charge in [-0.2, -0.15) is 0 Å². The van der Waals surface area contributed by atoms with E-state index in [9.17, 15) is 15.0 Å². The minimum Gasteiger partial charge on any atom is -0.462 e. The van der Waals surface area contributed by atoms with Crippen molar-refractivity contribution >= 4 is 5.97 Å². The molecule has 0 radical (unpaired) electrons. The molecule has 11 atom stereocenters. The minimum atomic E-state index is -1.16. The molecule has 0 aromatic heterocycles. The number of carbonyl (C=O) groups excluding carboxylic acids is 1. The maximum atomic E-state index is 12.1. The molecular weight excluding hydrogens is 536 g/mol. The van der Waals surface area contributed by atoms with Crippen LogP contribution in [0.3, 0.4) is 0 Å². The first-order chi connectivity index (χ1) is 19.4. The van der Waals surface area contributed by atoms with E-state index in [1.54, 1.807) is 21.1 Å². The van der Waals surface area contributed by atoms with Crippen LogP contribution >= 0.6 is 0 Å². The summed E-state index contributed by atoms with van der Waals surface area (Å²) < 4.78 is 47.3. The first-order valence-electron chi connectivity index (χ1n) is 15.1. The number of hydrogen-bond donors (Lipinski definition) is 2. The van der Waals surface area contributed by atoms with Gasteiger partial charge < -0.3 is 48.1 Å². The zero-order chi connectivity index (χ0) is 30.2. The van der Waals surface area contributed by atoms with Crippen molar-refractivity contribution in [2.75, 3.05) is 41.0 Å². The maximum Gasteiger partial charge on any atom is 0.302 e. The Bertz CT molecular complexity index is 794. The van der Waals surface area contributed by atoms with Gasteiger partial charge in [0.1, 0.15) is 25.3 Å². The van der Waals surface area contributed by atoms with Gasteiger partial charge in [0.2, 0.25) is 0 Å². The van der Waals surface area contributed by atoms with Gasteiger partial charge in [-0.05, 0) is 51.4 Å². The van der Waals surface area contributed by atoms with Gasteiger partial charge in [-0.3, -0.25) is 4.79 Å². The molecule has 0 bridgehead atoms. The Morgan fingerprint density at radius 2 is 1.80 bits per heavy atom. The van der Waals surface area contributed by atoms with E-state index < -0.39 is 23.4 Å². The molecule has 3 heterocycles. The van der Waals surface area contributed by atoms with Crippen molar-refractivity contribution in [2.45, 2.75) is 133 Å². The molecular formula is C30H54O11. The lowest BCUT2D eigenvalue weighted by Crippen LogP contribution is -2.59. The van der Waals surface area contributed by atoms with Gasteiger partial charge in [0, 0.05) is 47.0 Å². The quantitative estimate of drug-likeness (QED) is 0.166. The zero-order valence-electron chi connectivity index (χ0n) is 26.0. The molecule has 11 nitrogen and oxygen atoms in total. The molecule has 0 amide bonds. The Morgan fingerprint density at radius 1 is 1.07 bits per heavy atom. The van der Waals surface area contributed by atoms with E-state index in [4.69, 9.17) is 37.9 Å². The van der Waals surface area contributed by atoms with E-state index in [0.717, 1.165) is 6.42 Å². The van der Waals surface area contributed by atoms with Crippen LogP contribution in [0.15, 0.2) is 0 Å². The highest BCUT2D eigenvalue weighted by atomic mass is 16.7. The predicted molar refractivity (Wildman–Crippen MR) is 149 cm³/mol. The maximum absolute atomic E-state index is 12.1. The number of carbonyl (C=O) groups is 1. The molecule has 0 aromatic rings. The first kappa shape index (κ1) is 34.6. The molecule has 3 saturated heterocycles. The van der Waals surface area contributed by atoms with Crippen LogP contribution in [0.5, 0.6) is 0 Å². The van der Waals surface area contributed by atoms with Crippen molar-refractivity contribution in [3.63, 3.8) is 0 Å². The molecule has 3 rings (SSSR count). The third kappa shape index (κ3) is 9.55. The molecule has 3 aliphatic rings. The normalized spacial score (nSPS) is 39.1. The van der Waals surface area contributed by atoms with Crippen LogP contribution in [0.2, 0.25) is 0 Å². The van der Waals surface area contributed by atoms with Gasteiger partial charge in [0.05, 0.1) is 48.8 Å². The molecule has 0 saturated carbocycles. The van der Waals surface area contributed by atoms with Gasteiger partial charge in [-0.1, -0.05) is 13.8 Å². The minimum absolute atomic E-state index is 0.0497. The van der Waals surface area contributed by atoms with Crippen LogP contribution in [0.4, 0.5) is 0 Å². The van der Waals surface area contributed by atoms with Crippen LogP contribution in [0.1, 0.15) is 79.6 Å². The summed E-state index contributed by atoms with van der Waals surface area (Å²) in [5, 5.41) is 20.9. The third-order valence-electron chi connectivity index (χ3n) is 8.93. The van der Waals surface area contributed by atoms with Gasteiger partial charge in [-0.15, -0.1) is 0 Å². The lowest BCUT2D eigenvalue weighted by atomic mass is 9.86. The van der Waals surface area contributed by atoms with E-state index in [2.05, 4.69) is 13.8 Å². The second-order valence-electron chi connectivity index (χ2n) is 12.7. The number of esters is 1. The lowest BCUT2D eigenvalue weighted by Gasteiger charge is -2.47. The first-order valence-corrected chi connectivity index (χ1v) is 15.1. The Labute approximate surface area is 245 Å². The van der Waals surface area contributed by atoms with Crippen LogP contribution in [0, 0.1) is 11.8 Å². The highest BCUT2D eigenvalue weighted by Crippen LogP contribution is 2.42. The summed E-state index contributed by atoms with van der Waals surface area (Å²) in [6, 6.07) is 0. The van der Waals surface area contributed by atoms with E-state index in [1.165, 1.54) is 6.92 Å². The number of methoxy groups -OCH3 is 2. The van der Waals surface area contributed by atoms with Crippen molar-refractivity contribution in [1.82, 2.24) is 0 Å². The fourth-order valence-electron chi connectivity index (χ4n) is 6.74. The van der Waals surface area contributed by atoms with E-state index in [-0.39, 0.29) is 69.2 Å². The highest BCUT2D eigenvalue weighted by molar-refractivity contribution is 5.66. The number of aliphatic hydroxyl groups is 2. The number of fused-ring (bicyclic) bond motifs is 1. The second-order valence-corrected chi connectivity index (χ2v) is 12.7. The molecule has 2 N–H and O–H groups in total. The Balaban J connectivity index is 1.73. The average molecular weight is 591 g/mol. The molecule has 11 heteroatoms. The summed E-state index contributed by atoms with van der Waals surface area (Å²) in [5.41, 5.74) is -1.92. The number of rotatable bonds is 15. The number of ether oxygens (including phenoxy) is 8. The lowest BCUT2D eigenvalue weighted by molar-refractivity contribution is -0.277. The molecule has 0 aromatic carbocycles. The summed E-state index contributed by atoms with van der Waals surface area (Å²) in [4.78, 5) is 12.1. The van der Waals surface area contributed by atoms with Crippen molar-refractivity contribution in [1.29, 1.82) is 0 Å². The zero-order valence-corrected chi connectivity index (χ0v) is 26.0. The van der Waals surface area contributed by atoms with Crippen molar-refractivity contribution in [3.8, 4) is 0 Å². The summed E-state index contributed by atoms with van der Waals surface area (Å²) in [6.07, 6.45) is 1.87. The summed E-state index contributed by atoms with van der Waals surface area (Å²) >= 11 is 0. The van der Waals surface area contributed by atoms with Gasteiger partial charge in [0.15, 0.2) is 0 Å². The molecule has 240 valence electrons. The topological polar surface area (TPSA) is 131 Å². The van der Waals surface area contributed by atoms with Crippen molar-refractivity contribution in [3.05, 3.63) is 0 Å². The van der Waals surface area contributed by atoms with Crippen LogP contribution in [-0.2, 0) is 42.7 Å². The Kier molecular flexibility index (Phi) is 13.3. The van der Waals surface area contributed by atoms with Gasteiger partial charge in [-0.25, -0.2) is 0 Å². The second kappa shape index (κ2) is 15.7. The molecule has 41 heavy (non-hydrogen) atoms. The summed E-state index contributed by atoms with van der Waals surface area (Å²) in [5.74, 6) is 0.196. The largest absolute Gasteiger partial charge is 0.462 e. The van der Waals surface area contributed by atoms with Gasteiger partial charge in [0.25, 0.3) is 0 Å². The molecule has 3 aliphatic heterocycles. The van der Waals surface area contributed by atoms with E-state index in [0.29, 0.717) is 44.4 Å². The van der Waals surface area contributed by atoms with E-state index >= 15 is 0 Å².